The molecule has 0 saturated carbocycles. The summed E-state index contributed by atoms with van der Waals surface area (Å²) in [6.45, 7) is 3.51. The quantitative estimate of drug-likeness (QED) is 0.521. The third-order valence-corrected chi connectivity index (χ3v) is 6.33. The molecule has 2 aromatic carbocycles. The Labute approximate surface area is 176 Å². The second-order valence-electron chi connectivity index (χ2n) is 6.05. The van der Waals surface area contributed by atoms with Gasteiger partial charge in [0, 0.05) is 19.8 Å². The van der Waals surface area contributed by atoms with Crippen LogP contribution in [0.1, 0.15) is 13.3 Å². The van der Waals surface area contributed by atoms with Crippen molar-refractivity contribution < 1.29 is 22.7 Å². The Morgan fingerprint density at radius 2 is 1.86 bits per heavy atom. The highest BCUT2D eigenvalue weighted by molar-refractivity contribution is 7.91. The van der Waals surface area contributed by atoms with E-state index in [1.54, 1.807) is 24.3 Å². The predicted molar refractivity (Wildman–Crippen MR) is 113 cm³/mol. The number of ether oxygens (including phenoxy) is 2. The number of hydrogen-bond acceptors (Lipinski definition) is 6. The molecule has 29 heavy (non-hydrogen) atoms. The summed E-state index contributed by atoms with van der Waals surface area (Å²) in [5.41, 5.74) is 0.262. The summed E-state index contributed by atoms with van der Waals surface area (Å²) in [5.74, 6) is 0.289. The molecule has 0 saturated heterocycles. The lowest BCUT2D eigenvalue weighted by Gasteiger charge is -2.14. The summed E-state index contributed by atoms with van der Waals surface area (Å²) in [5, 5.41) is 5.70. The molecule has 0 bridgehead atoms. The van der Waals surface area contributed by atoms with Crippen molar-refractivity contribution >= 4 is 33.0 Å². The molecule has 0 spiro atoms. The van der Waals surface area contributed by atoms with Crippen molar-refractivity contribution in [1.82, 2.24) is 5.32 Å². The van der Waals surface area contributed by atoms with E-state index in [-0.39, 0.29) is 33.0 Å². The largest absolute Gasteiger partial charge is 0.497 e. The van der Waals surface area contributed by atoms with E-state index in [2.05, 4.69) is 10.6 Å². The van der Waals surface area contributed by atoms with Gasteiger partial charge in [0.2, 0.25) is 15.7 Å². The molecule has 7 nitrogen and oxygen atoms in total. The van der Waals surface area contributed by atoms with Crippen molar-refractivity contribution in [1.29, 1.82) is 0 Å². The van der Waals surface area contributed by atoms with Gasteiger partial charge in [-0.1, -0.05) is 17.7 Å². The third kappa shape index (κ3) is 6.35. The Morgan fingerprint density at radius 1 is 1.14 bits per heavy atom. The lowest BCUT2D eigenvalue weighted by molar-refractivity contribution is -0.119. The van der Waals surface area contributed by atoms with Crippen molar-refractivity contribution in [2.24, 2.45) is 0 Å². The minimum absolute atomic E-state index is 0.0722. The first-order valence-electron chi connectivity index (χ1n) is 9.16. The SMILES string of the molecule is CCOCCCNC(=O)CNc1cccc(Cl)c1S(=O)(=O)c1ccc(OC)cc1. The second kappa shape index (κ2) is 11.0. The van der Waals surface area contributed by atoms with Crippen LogP contribution < -0.4 is 15.4 Å². The van der Waals surface area contributed by atoms with Crippen molar-refractivity contribution in [3.8, 4) is 5.75 Å². The molecule has 0 atom stereocenters. The van der Waals surface area contributed by atoms with Crippen LogP contribution in [0, 0.1) is 0 Å². The number of rotatable bonds is 11. The molecule has 158 valence electrons. The zero-order valence-corrected chi connectivity index (χ0v) is 18.0. The highest BCUT2D eigenvalue weighted by atomic mass is 35.5. The van der Waals surface area contributed by atoms with E-state index >= 15 is 0 Å². The first kappa shape index (κ1) is 23.0. The summed E-state index contributed by atoms with van der Waals surface area (Å²) < 4.78 is 36.5. The van der Waals surface area contributed by atoms with Gasteiger partial charge in [-0.3, -0.25) is 4.79 Å². The van der Waals surface area contributed by atoms with Gasteiger partial charge in [0.1, 0.15) is 10.6 Å². The molecule has 0 aliphatic rings. The third-order valence-electron chi connectivity index (χ3n) is 4.04. The molecule has 0 fully saturated rings. The molecule has 0 heterocycles. The van der Waals surface area contributed by atoms with E-state index in [0.717, 1.165) is 0 Å². The molecule has 0 aromatic heterocycles. The number of hydrogen-bond donors (Lipinski definition) is 2. The van der Waals surface area contributed by atoms with Gasteiger partial charge in [-0.05, 0) is 49.7 Å². The summed E-state index contributed by atoms with van der Waals surface area (Å²) in [6.07, 6.45) is 0.702. The van der Waals surface area contributed by atoms with Crippen LogP contribution in [0.15, 0.2) is 52.3 Å². The van der Waals surface area contributed by atoms with Crippen molar-refractivity contribution in [3.63, 3.8) is 0 Å². The Bertz CT molecular complexity index is 917. The van der Waals surface area contributed by atoms with Crippen LogP contribution in [-0.2, 0) is 19.4 Å². The lowest BCUT2D eigenvalue weighted by atomic mass is 10.3. The molecule has 0 radical (unpaired) electrons. The van der Waals surface area contributed by atoms with E-state index in [4.69, 9.17) is 21.1 Å². The number of amides is 1. The van der Waals surface area contributed by atoms with Gasteiger partial charge in [-0.2, -0.15) is 0 Å². The first-order valence-corrected chi connectivity index (χ1v) is 11.0. The minimum Gasteiger partial charge on any atom is -0.497 e. The van der Waals surface area contributed by atoms with Gasteiger partial charge in [-0.25, -0.2) is 8.42 Å². The number of methoxy groups -OCH3 is 1. The van der Waals surface area contributed by atoms with Crippen LogP contribution in [-0.4, -0.2) is 47.7 Å². The zero-order chi connectivity index (χ0) is 21.3. The van der Waals surface area contributed by atoms with Gasteiger partial charge in [-0.15, -0.1) is 0 Å². The molecule has 0 aliphatic heterocycles. The second-order valence-corrected chi connectivity index (χ2v) is 8.34. The summed E-state index contributed by atoms with van der Waals surface area (Å²) in [7, 11) is -2.40. The van der Waals surface area contributed by atoms with Crippen LogP contribution >= 0.6 is 11.6 Å². The maximum atomic E-state index is 13.1. The normalized spacial score (nSPS) is 11.1. The number of sulfone groups is 1. The summed E-state index contributed by atoms with van der Waals surface area (Å²) in [4.78, 5) is 12.0. The van der Waals surface area contributed by atoms with E-state index in [0.29, 0.717) is 31.9 Å². The molecular weight excluding hydrogens is 416 g/mol. The smallest absolute Gasteiger partial charge is 0.239 e. The minimum atomic E-state index is -3.90. The average Bonchev–Trinajstić information content (AvgIpc) is 2.72. The molecule has 9 heteroatoms. The van der Waals surface area contributed by atoms with Crippen molar-refractivity contribution in [2.45, 2.75) is 23.1 Å². The van der Waals surface area contributed by atoms with Crippen LogP contribution in [0.25, 0.3) is 0 Å². The van der Waals surface area contributed by atoms with Crippen LogP contribution in [0.4, 0.5) is 5.69 Å². The van der Waals surface area contributed by atoms with Crippen molar-refractivity contribution in [3.05, 3.63) is 47.5 Å². The maximum Gasteiger partial charge on any atom is 0.239 e. The number of anilines is 1. The highest BCUT2D eigenvalue weighted by Crippen LogP contribution is 2.34. The van der Waals surface area contributed by atoms with Gasteiger partial charge in [0.25, 0.3) is 0 Å². The zero-order valence-electron chi connectivity index (χ0n) is 16.4. The van der Waals surface area contributed by atoms with Gasteiger partial charge >= 0.3 is 0 Å². The molecule has 0 aliphatic carbocycles. The van der Waals surface area contributed by atoms with E-state index in [1.807, 2.05) is 6.92 Å². The van der Waals surface area contributed by atoms with Gasteiger partial charge in [0.15, 0.2) is 0 Å². The topological polar surface area (TPSA) is 93.7 Å². The molecule has 2 aromatic rings. The summed E-state index contributed by atoms with van der Waals surface area (Å²) in [6, 6.07) is 10.7. The number of carbonyl (C=O) groups excluding carboxylic acids is 1. The fraction of sp³-hybridized carbons (Fsp3) is 0.350. The average molecular weight is 441 g/mol. The van der Waals surface area contributed by atoms with Crippen LogP contribution in [0.3, 0.4) is 0 Å². The predicted octanol–water partition coefficient (Wildman–Crippen LogP) is 3.14. The standard InChI is InChI=1S/C20H25ClN2O5S/c1-3-28-13-5-12-22-19(24)14-23-18-7-4-6-17(21)20(18)29(25,26)16-10-8-15(27-2)9-11-16/h4,6-11,23H,3,5,12-14H2,1-2H3,(H,22,24). The van der Waals surface area contributed by atoms with Crippen molar-refractivity contribution in [2.75, 3.05) is 38.7 Å². The number of benzene rings is 2. The number of nitrogens with one attached hydrogen (secondary N) is 2. The first-order chi connectivity index (χ1) is 13.9. The monoisotopic (exact) mass is 440 g/mol. The molecule has 1 amide bonds. The highest BCUT2D eigenvalue weighted by Gasteiger charge is 2.25. The fourth-order valence-electron chi connectivity index (χ4n) is 2.58. The Balaban J connectivity index is 2.13. The lowest BCUT2D eigenvalue weighted by Crippen LogP contribution is -2.31. The molecule has 2 N–H and O–H groups in total. The van der Waals surface area contributed by atoms with Crippen LogP contribution in [0.2, 0.25) is 5.02 Å². The Kier molecular flexibility index (Phi) is 8.75. The van der Waals surface area contributed by atoms with E-state index in [9.17, 15) is 13.2 Å². The summed E-state index contributed by atoms with van der Waals surface area (Å²) >= 11 is 6.21. The van der Waals surface area contributed by atoms with Gasteiger partial charge < -0.3 is 20.1 Å². The fourth-order valence-corrected chi connectivity index (χ4v) is 4.54. The molecule has 0 unspecified atom stereocenters. The van der Waals surface area contributed by atoms with E-state index < -0.39 is 9.84 Å². The Hall–Kier alpha value is -2.29. The van der Waals surface area contributed by atoms with E-state index in [1.165, 1.54) is 25.3 Å². The number of halogens is 1. The molecular formula is C20H25ClN2O5S. The van der Waals surface area contributed by atoms with Gasteiger partial charge in [0.05, 0.1) is 29.3 Å². The Morgan fingerprint density at radius 3 is 2.52 bits per heavy atom. The molecule has 2 rings (SSSR count). The van der Waals surface area contributed by atoms with Crippen LogP contribution in [0.5, 0.6) is 5.75 Å². The maximum absolute atomic E-state index is 13.1. The number of carbonyl (C=O) groups is 1.